The van der Waals surface area contributed by atoms with Crippen molar-refractivity contribution in [1.82, 2.24) is 24.6 Å². The van der Waals surface area contributed by atoms with Gasteiger partial charge < -0.3 is 5.32 Å². The van der Waals surface area contributed by atoms with E-state index in [0.717, 1.165) is 11.1 Å². The Bertz CT molecular complexity index is 1420. The Morgan fingerprint density at radius 2 is 1.97 bits per heavy atom. The Morgan fingerprint density at radius 3 is 2.73 bits per heavy atom. The van der Waals surface area contributed by atoms with Crippen molar-refractivity contribution in [2.45, 2.75) is 26.9 Å². The molecule has 0 saturated carbocycles. The molecule has 4 aromatic rings. The number of nitrogens with zero attached hydrogens (tertiary/aromatic N) is 5. The van der Waals surface area contributed by atoms with Crippen LogP contribution in [0.3, 0.4) is 0 Å². The smallest absolute Gasteiger partial charge is 0.273 e. The Balaban J connectivity index is 1.46. The number of rotatable bonds is 7. The van der Waals surface area contributed by atoms with Crippen LogP contribution in [-0.4, -0.2) is 36.7 Å². The Labute approximate surface area is 188 Å². The number of hydrogen-bond acceptors (Lipinski definition) is 6. The number of nitro benzene ring substituents is 1. The van der Waals surface area contributed by atoms with Crippen LogP contribution in [0, 0.1) is 24.0 Å². The number of nitrogens with one attached hydrogen (secondary N) is 1. The summed E-state index contributed by atoms with van der Waals surface area (Å²) in [7, 11) is 0. The minimum absolute atomic E-state index is 0.105. The lowest BCUT2D eigenvalue weighted by Crippen LogP contribution is -2.28. The van der Waals surface area contributed by atoms with E-state index in [4.69, 9.17) is 0 Å². The van der Waals surface area contributed by atoms with Gasteiger partial charge in [0.2, 0.25) is 0 Å². The van der Waals surface area contributed by atoms with Crippen molar-refractivity contribution in [1.29, 1.82) is 0 Å². The van der Waals surface area contributed by atoms with Gasteiger partial charge in [-0.05, 0) is 25.5 Å². The fourth-order valence-electron chi connectivity index (χ4n) is 3.72. The summed E-state index contributed by atoms with van der Waals surface area (Å²) in [4.78, 5) is 40.3. The van der Waals surface area contributed by atoms with Crippen LogP contribution in [0.1, 0.15) is 27.0 Å². The maximum Gasteiger partial charge on any atom is 0.273 e. The van der Waals surface area contributed by atoms with Crippen molar-refractivity contribution >= 4 is 22.6 Å². The van der Waals surface area contributed by atoms with Crippen LogP contribution >= 0.6 is 0 Å². The quantitative estimate of drug-likeness (QED) is 0.344. The number of aromatic nitrogens is 4. The van der Waals surface area contributed by atoms with Gasteiger partial charge in [-0.15, -0.1) is 0 Å². The van der Waals surface area contributed by atoms with Gasteiger partial charge >= 0.3 is 0 Å². The molecule has 2 heterocycles. The van der Waals surface area contributed by atoms with Crippen molar-refractivity contribution in [3.05, 3.63) is 97.7 Å². The highest BCUT2D eigenvalue weighted by Crippen LogP contribution is 2.20. The number of carbonyl (C=O) groups excluding carboxylic acids is 1. The Hall–Kier alpha value is -4.34. The molecular weight excluding hydrogens is 424 g/mol. The van der Waals surface area contributed by atoms with E-state index in [2.05, 4.69) is 15.4 Å². The molecule has 0 aliphatic rings. The van der Waals surface area contributed by atoms with Crippen molar-refractivity contribution in [3.63, 3.8) is 0 Å². The SMILES string of the molecule is Cc1cccc(Cn2cnc3c(cnn3CCNC(=O)c3cccc([N+](=O)[O-])c3C)c2=O)c1. The average molecular weight is 446 g/mol. The second-order valence-electron chi connectivity index (χ2n) is 7.73. The van der Waals surface area contributed by atoms with Crippen molar-refractivity contribution in [2.75, 3.05) is 6.54 Å². The maximum absolute atomic E-state index is 12.9. The number of carbonyl (C=O) groups is 1. The number of aryl methyl sites for hydroxylation is 1. The summed E-state index contributed by atoms with van der Waals surface area (Å²) in [5, 5.41) is 18.5. The molecule has 2 aromatic carbocycles. The van der Waals surface area contributed by atoms with Crippen molar-refractivity contribution in [3.8, 4) is 0 Å². The van der Waals surface area contributed by atoms with Gasteiger partial charge in [-0.1, -0.05) is 35.9 Å². The molecule has 4 rings (SSSR count). The number of amides is 1. The number of nitro groups is 1. The molecule has 0 saturated heterocycles. The number of fused-ring (bicyclic) bond motifs is 1. The molecule has 0 aliphatic carbocycles. The molecule has 0 spiro atoms. The van der Waals surface area contributed by atoms with E-state index in [9.17, 15) is 19.7 Å². The van der Waals surface area contributed by atoms with Crippen LogP contribution in [-0.2, 0) is 13.1 Å². The first kappa shape index (κ1) is 21.9. The van der Waals surface area contributed by atoms with E-state index in [1.807, 2.05) is 31.2 Å². The molecule has 33 heavy (non-hydrogen) atoms. The molecule has 0 bridgehead atoms. The van der Waals surface area contributed by atoms with Crippen LogP contribution in [0.5, 0.6) is 0 Å². The largest absolute Gasteiger partial charge is 0.350 e. The normalized spacial score (nSPS) is 11.0. The molecule has 168 valence electrons. The lowest BCUT2D eigenvalue weighted by Gasteiger charge is -2.09. The molecule has 10 nitrogen and oxygen atoms in total. The first-order valence-corrected chi connectivity index (χ1v) is 10.3. The molecule has 1 N–H and O–H groups in total. The zero-order valence-corrected chi connectivity index (χ0v) is 18.2. The fourth-order valence-corrected chi connectivity index (χ4v) is 3.72. The molecule has 0 fully saturated rings. The summed E-state index contributed by atoms with van der Waals surface area (Å²) in [6.07, 6.45) is 2.97. The first-order chi connectivity index (χ1) is 15.8. The Kier molecular flexibility index (Phi) is 5.99. The molecule has 2 aromatic heterocycles. The van der Waals surface area contributed by atoms with E-state index in [0.29, 0.717) is 23.1 Å². The second-order valence-corrected chi connectivity index (χ2v) is 7.73. The third-order valence-corrected chi connectivity index (χ3v) is 5.41. The van der Waals surface area contributed by atoms with Gasteiger partial charge in [-0.25, -0.2) is 9.67 Å². The molecule has 1 amide bonds. The van der Waals surface area contributed by atoms with E-state index < -0.39 is 10.8 Å². The summed E-state index contributed by atoms with van der Waals surface area (Å²) >= 11 is 0. The minimum atomic E-state index is -0.514. The zero-order chi connectivity index (χ0) is 23.5. The van der Waals surface area contributed by atoms with Gasteiger partial charge in [0.15, 0.2) is 5.65 Å². The minimum Gasteiger partial charge on any atom is -0.350 e. The molecule has 0 radical (unpaired) electrons. The van der Waals surface area contributed by atoms with Crippen LogP contribution < -0.4 is 10.9 Å². The highest BCUT2D eigenvalue weighted by molar-refractivity contribution is 5.96. The predicted molar refractivity (Wildman–Crippen MR) is 122 cm³/mol. The van der Waals surface area contributed by atoms with E-state index >= 15 is 0 Å². The maximum atomic E-state index is 12.9. The van der Waals surface area contributed by atoms with E-state index in [1.165, 1.54) is 29.2 Å². The lowest BCUT2D eigenvalue weighted by atomic mass is 10.1. The Morgan fingerprint density at radius 1 is 1.18 bits per heavy atom. The summed E-state index contributed by atoms with van der Waals surface area (Å²) in [5.74, 6) is -0.416. The first-order valence-electron chi connectivity index (χ1n) is 10.3. The second kappa shape index (κ2) is 9.03. The van der Waals surface area contributed by atoms with Crippen LogP contribution in [0.2, 0.25) is 0 Å². The molecule has 0 atom stereocenters. The summed E-state index contributed by atoms with van der Waals surface area (Å²) in [5.41, 5.74) is 2.80. The molecular formula is C23H22N6O4. The summed E-state index contributed by atoms with van der Waals surface area (Å²) < 4.78 is 3.09. The van der Waals surface area contributed by atoms with Crippen molar-refractivity contribution < 1.29 is 9.72 Å². The van der Waals surface area contributed by atoms with Crippen LogP contribution in [0.4, 0.5) is 5.69 Å². The third-order valence-electron chi connectivity index (χ3n) is 5.41. The number of hydrogen-bond donors (Lipinski definition) is 1. The van der Waals surface area contributed by atoms with Gasteiger partial charge in [0.05, 0.1) is 24.2 Å². The lowest BCUT2D eigenvalue weighted by molar-refractivity contribution is -0.385. The van der Waals surface area contributed by atoms with Crippen molar-refractivity contribution in [2.24, 2.45) is 0 Å². The van der Waals surface area contributed by atoms with Gasteiger partial charge in [0, 0.05) is 23.7 Å². The summed E-state index contributed by atoms with van der Waals surface area (Å²) in [6, 6.07) is 12.3. The molecule has 10 heteroatoms. The monoisotopic (exact) mass is 446 g/mol. The standard InChI is InChI=1S/C23H22N6O4/c1-15-5-3-6-17(11-15)13-27-14-25-21-19(23(27)31)12-26-28(21)10-9-24-22(30)18-7-4-8-20(16(18)2)29(32)33/h3-8,11-12,14H,9-10,13H2,1-2H3,(H,24,30). The van der Waals surface area contributed by atoms with Gasteiger partial charge in [0.1, 0.15) is 11.7 Å². The van der Waals surface area contributed by atoms with Gasteiger partial charge in [0.25, 0.3) is 17.2 Å². The fraction of sp³-hybridized carbons (Fsp3) is 0.217. The van der Waals surface area contributed by atoms with Gasteiger partial charge in [-0.3, -0.25) is 24.3 Å². The average Bonchev–Trinajstić information content (AvgIpc) is 3.19. The molecule has 0 aliphatic heterocycles. The van der Waals surface area contributed by atoms with E-state index in [1.54, 1.807) is 17.7 Å². The highest BCUT2D eigenvalue weighted by atomic mass is 16.6. The third kappa shape index (κ3) is 4.49. The van der Waals surface area contributed by atoms with Crippen LogP contribution in [0.25, 0.3) is 11.0 Å². The summed E-state index contributed by atoms with van der Waals surface area (Å²) in [6.45, 7) is 4.45. The predicted octanol–water partition coefficient (Wildman–Crippen LogP) is 2.60. The number of benzene rings is 2. The molecule has 0 unspecified atom stereocenters. The van der Waals surface area contributed by atoms with Crippen LogP contribution in [0.15, 0.2) is 59.8 Å². The zero-order valence-electron chi connectivity index (χ0n) is 18.2. The highest BCUT2D eigenvalue weighted by Gasteiger charge is 2.18. The van der Waals surface area contributed by atoms with Gasteiger partial charge in [-0.2, -0.15) is 5.10 Å². The topological polar surface area (TPSA) is 125 Å². The van der Waals surface area contributed by atoms with E-state index in [-0.39, 0.29) is 29.9 Å².